The zero-order valence-electron chi connectivity index (χ0n) is 11.5. The molecular formula is C14H26N2O2. The van der Waals surface area contributed by atoms with Crippen LogP contribution in [-0.2, 0) is 0 Å². The van der Waals surface area contributed by atoms with Gasteiger partial charge < -0.3 is 4.90 Å². The topological polar surface area (TPSA) is 43.8 Å². The molecule has 2 aliphatic rings. The molecule has 2 aliphatic carbocycles. The molecule has 0 atom stereocenters. The summed E-state index contributed by atoms with van der Waals surface area (Å²) in [6.07, 6.45) is 11.9. The van der Waals surface area contributed by atoms with Crippen molar-refractivity contribution >= 4 is 6.03 Å². The van der Waals surface area contributed by atoms with Crippen LogP contribution in [0.4, 0.5) is 4.79 Å². The highest BCUT2D eigenvalue weighted by Gasteiger charge is 2.33. The molecule has 0 aliphatic heterocycles. The lowest BCUT2D eigenvalue weighted by molar-refractivity contribution is -0.0482. The van der Waals surface area contributed by atoms with Crippen molar-refractivity contribution in [1.82, 2.24) is 9.96 Å². The molecule has 0 aromatic heterocycles. The number of amides is 2. The summed E-state index contributed by atoms with van der Waals surface area (Å²) in [7, 11) is 1.45. The summed E-state index contributed by atoms with van der Waals surface area (Å²) in [6.45, 7) is 0. The Morgan fingerprint density at radius 3 is 1.61 bits per heavy atom. The van der Waals surface area contributed by atoms with E-state index in [1.807, 2.05) is 4.90 Å². The van der Waals surface area contributed by atoms with Crippen LogP contribution in [0.1, 0.15) is 64.2 Å². The summed E-state index contributed by atoms with van der Waals surface area (Å²) >= 11 is 0. The van der Waals surface area contributed by atoms with E-state index in [9.17, 15) is 10.0 Å². The van der Waals surface area contributed by atoms with Gasteiger partial charge in [0.15, 0.2) is 0 Å². The third kappa shape index (κ3) is 3.16. The van der Waals surface area contributed by atoms with E-state index in [1.54, 1.807) is 0 Å². The Balaban J connectivity index is 2.07. The molecule has 1 N–H and O–H groups in total. The number of carbonyl (C=O) groups is 1. The average Bonchev–Trinajstić information content (AvgIpc) is 2.41. The molecule has 104 valence electrons. The van der Waals surface area contributed by atoms with Crippen molar-refractivity contribution < 1.29 is 10.0 Å². The Morgan fingerprint density at radius 2 is 1.28 bits per heavy atom. The molecule has 18 heavy (non-hydrogen) atoms. The van der Waals surface area contributed by atoms with E-state index >= 15 is 0 Å². The van der Waals surface area contributed by atoms with Crippen molar-refractivity contribution in [3.05, 3.63) is 0 Å². The third-order valence-electron chi connectivity index (χ3n) is 4.43. The lowest BCUT2D eigenvalue weighted by atomic mass is 9.89. The maximum absolute atomic E-state index is 12.2. The maximum Gasteiger partial charge on any atom is 0.343 e. The first-order valence-electron chi connectivity index (χ1n) is 7.45. The summed E-state index contributed by atoms with van der Waals surface area (Å²) < 4.78 is 0. The molecule has 2 saturated carbocycles. The smallest absolute Gasteiger partial charge is 0.317 e. The van der Waals surface area contributed by atoms with Crippen LogP contribution in [0.15, 0.2) is 0 Å². The molecule has 0 radical (unpaired) electrons. The van der Waals surface area contributed by atoms with Gasteiger partial charge in [-0.1, -0.05) is 38.5 Å². The summed E-state index contributed by atoms with van der Waals surface area (Å²) in [4.78, 5) is 14.2. The minimum atomic E-state index is -0.200. The number of rotatable bonds is 2. The Hall–Kier alpha value is -0.770. The standard InChI is InChI=1S/C14H26N2O2/c1-15(18)14(17)16(12-8-4-2-5-9-12)13-10-6-3-7-11-13/h12-13,18H,2-11H2,1H3. The van der Waals surface area contributed by atoms with Crippen molar-refractivity contribution in [3.63, 3.8) is 0 Å². The maximum atomic E-state index is 12.2. The van der Waals surface area contributed by atoms with E-state index < -0.39 is 0 Å². The van der Waals surface area contributed by atoms with Gasteiger partial charge in [0.1, 0.15) is 0 Å². The highest BCUT2D eigenvalue weighted by atomic mass is 16.5. The lowest BCUT2D eigenvalue weighted by Gasteiger charge is -2.42. The largest absolute Gasteiger partial charge is 0.343 e. The summed E-state index contributed by atoms with van der Waals surface area (Å²) in [5, 5.41) is 10.3. The van der Waals surface area contributed by atoms with Gasteiger partial charge in [0, 0.05) is 19.1 Å². The number of hydroxylamine groups is 2. The van der Waals surface area contributed by atoms with Crippen LogP contribution in [-0.4, -0.2) is 40.3 Å². The molecule has 4 nitrogen and oxygen atoms in total. The summed E-state index contributed by atoms with van der Waals surface area (Å²) in [6, 6.07) is 0.502. The summed E-state index contributed by atoms with van der Waals surface area (Å²) in [5.41, 5.74) is 0. The molecule has 2 amide bonds. The quantitative estimate of drug-likeness (QED) is 0.606. The molecule has 2 fully saturated rings. The zero-order chi connectivity index (χ0) is 13.0. The predicted octanol–water partition coefficient (Wildman–Crippen LogP) is 3.39. The van der Waals surface area contributed by atoms with E-state index in [-0.39, 0.29) is 6.03 Å². The number of hydrogen-bond donors (Lipinski definition) is 1. The van der Waals surface area contributed by atoms with Crippen LogP contribution in [0, 0.1) is 0 Å². The van der Waals surface area contributed by atoms with Gasteiger partial charge in [-0.2, -0.15) is 0 Å². The highest BCUT2D eigenvalue weighted by Crippen LogP contribution is 2.30. The fourth-order valence-electron chi connectivity index (χ4n) is 3.50. The molecular weight excluding hydrogens is 228 g/mol. The number of carbonyl (C=O) groups excluding carboxylic acids is 1. The van der Waals surface area contributed by atoms with Crippen LogP contribution in [0.5, 0.6) is 0 Å². The second-order valence-electron chi connectivity index (χ2n) is 5.80. The van der Waals surface area contributed by atoms with Crippen molar-refractivity contribution in [3.8, 4) is 0 Å². The van der Waals surface area contributed by atoms with Gasteiger partial charge in [-0.25, -0.2) is 9.86 Å². The van der Waals surface area contributed by atoms with Gasteiger partial charge in [-0.15, -0.1) is 0 Å². The van der Waals surface area contributed by atoms with Gasteiger partial charge in [-0.05, 0) is 25.7 Å². The van der Waals surface area contributed by atoms with Crippen LogP contribution in [0.3, 0.4) is 0 Å². The molecule has 0 bridgehead atoms. The molecule has 0 saturated heterocycles. The first-order valence-corrected chi connectivity index (χ1v) is 7.45. The minimum absolute atomic E-state index is 0.200. The van der Waals surface area contributed by atoms with Crippen LogP contribution in [0.25, 0.3) is 0 Å². The molecule has 0 spiro atoms. The average molecular weight is 254 g/mol. The van der Waals surface area contributed by atoms with Crippen LogP contribution < -0.4 is 0 Å². The van der Waals surface area contributed by atoms with Crippen LogP contribution >= 0.6 is 0 Å². The molecule has 0 aromatic rings. The van der Waals surface area contributed by atoms with Gasteiger partial charge in [0.05, 0.1) is 0 Å². The monoisotopic (exact) mass is 254 g/mol. The molecule has 0 heterocycles. The van der Waals surface area contributed by atoms with E-state index in [0.29, 0.717) is 12.1 Å². The third-order valence-corrected chi connectivity index (χ3v) is 4.43. The Morgan fingerprint density at radius 1 is 0.889 bits per heavy atom. The number of hydrogen-bond acceptors (Lipinski definition) is 2. The Bertz CT molecular complexity index is 251. The van der Waals surface area contributed by atoms with Gasteiger partial charge in [0.25, 0.3) is 0 Å². The van der Waals surface area contributed by atoms with Crippen LogP contribution in [0.2, 0.25) is 0 Å². The second-order valence-corrected chi connectivity index (χ2v) is 5.80. The molecule has 0 unspecified atom stereocenters. The van der Waals surface area contributed by atoms with E-state index in [2.05, 4.69) is 0 Å². The van der Waals surface area contributed by atoms with E-state index in [0.717, 1.165) is 30.7 Å². The number of nitrogens with zero attached hydrogens (tertiary/aromatic N) is 2. The molecule has 4 heteroatoms. The normalized spacial score (nSPS) is 22.8. The van der Waals surface area contributed by atoms with Gasteiger partial charge >= 0.3 is 6.03 Å². The predicted molar refractivity (Wildman–Crippen MR) is 70.5 cm³/mol. The molecule has 0 aromatic carbocycles. The fourth-order valence-corrected chi connectivity index (χ4v) is 3.50. The first-order chi connectivity index (χ1) is 8.70. The zero-order valence-corrected chi connectivity index (χ0v) is 11.5. The Labute approximate surface area is 110 Å². The fraction of sp³-hybridized carbons (Fsp3) is 0.929. The van der Waals surface area contributed by atoms with Crippen molar-refractivity contribution in [1.29, 1.82) is 0 Å². The van der Waals surface area contributed by atoms with E-state index in [1.165, 1.54) is 45.6 Å². The highest BCUT2D eigenvalue weighted by molar-refractivity contribution is 5.73. The Kier molecular flexibility index (Phi) is 4.87. The van der Waals surface area contributed by atoms with Crippen molar-refractivity contribution in [2.45, 2.75) is 76.3 Å². The van der Waals surface area contributed by atoms with Crippen molar-refractivity contribution in [2.24, 2.45) is 0 Å². The SMILES string of the molecule is CN(O)C(=O)N(C1CCCCC1)C1CCCCC1. The lowest BCUT2D eigenvalue weighted by Crippen LogP contribution is -2.52. The first kappa shape index (κ1) is 13.7. The second kappa shape index (κ2) is 6.41. The minimum Gasteiger partial charge on any atom is -0.317 e. The van der Waals surface area contributed by atoms with Gasteiger partial charge in [-0.3, -0.25) is 5.21 Å². The van der Waals surface area contributed by atoms with Crippen molar-refractivity contribution in [2.75, 3.05) is 7.05 Å². The number of urea groups is 1. The summed E-state index contributed by atoms with van der Waals surface area (Å²) in [5.74, 6) is 0. The molecule has 2 rings (SSSR count). The van der Waals surface area contributed by atoms with Gasteiger partial charge in [0.2, 0.25) is 0 Å². The van der Waals surface area contributed by atoms with E-state index in [4.69, 9.17) is 0 Å².